The zero-order valence-electron chi connectivity index (χ0n) is 7.36. The van der Waals surface area contributed by atoms with Crippen LogP contribution in [-0.2, 0) is 0 Å². The number of likely N-dealkylation sites (tertiary alicyclic amines) is 1. The lowest BCUT2D eigenvalue weighted by molar-refractivity contribution is -0.176. The van der Waals surface area contributed by atoms with Crippen LogP contribution in [0.25, 0.3) is 0 Å². The SMILES string of the molecule is CC(N1CC[C@@H](C)C1)C(F)(F)F. The van der Waals surface area contributed by atoms with Crippen molar-refractivity contribution in [2.24, 2.45) is 5.92 Å². The number of nitrogens with zero attached hydrogens (tertiary/aromatic N) is 1. The van der Waals surface area contributed by atoms with Crippen LogP contribution in [0.4, 0.5) is 13.2 Å². The summed E-state index contributed by atoms with van der Waals surface area (Å²) >= 11 is 0. The number of hydrogen-bond acceptors (Lipinski definition) is 1. The molecule has 72 valence electrons. The van der Waals surface area contributed by atoms with Gasteiger partial charge in [-0.25, -0.2) is 0 Å². The van der Waals surface area contributed by atoms with Crippen LogP contribution in [0.5, 0.6) is 0 Å². The predicted molar refractivity (Wildman–Crippen MR) is 40.9 cm³/mol. The van der Waals surface area contributed by atoms with Crippen LogP contribution < -0.4 is 0 Å². The van der Waals surface area contributed by atoms with E-state index in [4.69, 9.17) is 0 Å². The first-order chi connectivity index (χ1) is 5.41. The third-order valence-electron chi connectivity index (χ3n) is 2.48. The van der Waals surface area contributed by atoms with Crippen molar-refractivity contribution in [3.05, 3.63) is 0 Å². The van der Waals surface area contributed by atoms with Crippen molar-refractivity contribution in [3.63, 3.8) is 0 Å². The van der Waals surface area contributed by atoms with E-state index in [1.54, 1.807) is 0 Å². The lowest BCUT2D eigenvalue weighted by Crippen LogP contribution is -2.42. The summed E-state index contributed by atoms with van der Waals surface area (Å²) in [5.41, 5.74) is 0. The maximum atomic E-state index is 12.2. The maximum Gasteiger partial charge on any atom is 0.403 e. The number of halogens is 3. The summed E-state index contributed by atoms with van der Waals surface area (Å²) in [5, 5.41) is 0. The molecule has 0 N–H and O–H groups in total. The van der Waals surface area contributed by atoms with Crippen LogP contribution in [0.1, 0.15) is 20.3 Å². The molecular formula is C8H14F3N. The smallest absolute Gasteiger partial charge is 0.292 e. The minimum Gasteiger partial charge on any atom is -0.292 e. The predicted octanol–water partition coefficient (Wildman–Crippen LogP) is 2.28. The molecule has 1 rings (SSSR count). The first-order valence-corrected chi connectivity index (χ1v) is 4.22. The molecule has 0 saturated carbocycles. The second-order valence-electron chi connectivity index (χ2n) is 3.61. The van der Waals surface area contributed by atoms with Gasteiger partial charge in [-0.3, -0.25) is 4.90 Å². The van der Waals surface area contributed by atoms with Crippen LogP contribution in [0.3, 0.4) is 0 Å². The molecule has 1 unspecified atom stereocenters. The summed E-state index contributed by atoms with van der Waals surface area (Å²) in [4.78, 5) is 1.50. The van der Waals surface area contributed by atoms with Gasteiger partial charge in [-0.1, -0.05) is 6.92 Å². The van der Waals surface area contributed by atoms with Gasteiger partial charge in [0, 0.05) is 6.54 Å². The summed E-state index contributed by atoms with van der Waals surface area (Å²) in [7, 11) is 0. The zero-order chi connectivity index (χ0) is 9.35. The molecule has 4 heteroatoms. The van der Waals surface area contributed by atoms with Gasteiger partial charge in [-0.05, 0) is 25.8 Å². The Labute approximate surface area is 70.5 Å². The molecule has 0 radical (unpaired) electrons. The standard InChI is InChI=1S/C8H14F3N/c1-6-3-4-12(5-6)7(2)8(9,10)11/h6-7H,3-5H2,1-2H3/t6-,7?/m1/s1. The molecule has 1 fully saturated rings. The first kappa shape index (κ1) is 9.84. The first-order valence-electron chi connectivity index (χ1n) is 4.22. The molecule has 1 heterocycles. The number of hydrogen-bond donors (Lipinski definition) is 0. The average Bonchev–Trinajstić information content (AvgIpc) is 2.32. The van der Waals surface area contributed by atoms with E-state index < -0.39 is 12.2 Å². The van der Waals surface area contributed by atoms with Crippen LogP contribution >= 0.6 is 0 Å². The van der Waals surface area contributed by atoms with Gasteiger partial charge in [0.1, 0.15) is 6.04 Å². The van der Waals surface area contributed by atoms with Crippen LogP contribution in [-0.4, -0.2) is 30.2 Å². The van der Waals surface area contributed by atoms with Gasteiger partial charge < -0.3 is 0 Å². The molecule has 1 aliphatic rings. The van der Waals surface area contributed by atoms with E-state index in [2.05, 4.69) is 0 Å². The third-order valence-corrected chi connectivity index (χ3v) is 2.48. The van der Waals surface area contributed by atoms with Gasteiger partial charge in [-0.2, -0.15) is 13.2 Å². The van der Waals surface area contributed by atoms with Crippen molar-refractivity contribution >= 4 is 0 Å². The molecular weight excluding hydrogens is 167 g/mol. The van der Waals surface area contributed by atoms with E-state index in [1.807, 2.05) is 6.92 Å². The largest absolute Gasteiger partial charge is 0.403 e. The molecule has 12 heavy (non-hydrogen) atoms. The van der Waals surface area contributed by atoms with Crippen molar-refractivity contribution in [1.29, 1.82) is 0 Å². The van der Waals surface area contributed by atoms with E-state index in [0.29, 0.717) is 19.0 Å². The van der Waals surface area contributed by atoms with Crippen molar-refractivity contribution in [2.75, 3.05) is 13.1 Å². The second-order valence-corrected chi connectivity index (χ2v) is 3.61. The molecule has 0 spiro atoms. The lowest BCUT2D eigenvalue weighted by atomic mass is 10.2. The Morgan fingerprint density at radius 3 is 2.33 bits per heavy atom. The van der Waals surface area contributed by atoms with Crippen molar-refractivity contribution in [2.45, 2.75) is 32.5 Å². The Bertz CT molecular complexity index is 155. The fourth-order valence-corrected chi connectivity index (χ4v) is 1.53. The Balaban J connectivity index is 2.48. The lowest BCUT2D eigenvalue weighted by Gasteiger charge is -2.25. The number of alkyl halides is 3. The van der Waals surface area contributed by atoms with E-state index in [-0.39, 0.29) is 0 Å². The molecule has 0 amide bonds. The molecule has 0 bridgehead atoms. The highest BCUT2D eigenvalue weighted by molar-refractivity contribution is 4.80. The fourth-order valence-electron chi connectivity index (χ4n) is 1.53. The van der Waals surface area contributed by atoms with Crippen molar-refractivity contribution in [1.82, 2.24) is 4.90 Å². The summed E-state index contributed by atoms with van der Waals surface area (Å²) < 4.78 is 36.6. The van der Waals surface area contributed by atoms with Crippen molar-refractivity contribution < 1.29 is 13.2 Å². The Morgan fingerprint density at radius 1 is 1.42 bits per heavy atom. The Kier molecular flexibility index (Phi) is 2.66. The van der Waals surface area contributed by atoms with E-state index in [0.717, 1.165) is 6.42 Å². The Hall–Kier alpha value is -0.250. The molecule has 0 aromatic heterocycles. The zero-order valence-corrected chi connectivity index (χ0v) is 7.36. The summed E-state index contributed by atoms with van der Waals surface area (Å²) in [5.74, 6) is 0.412. The van der Waals surface area contributed by atoms with E-state index in [9.17, 15) is 13.2 Å². The van der Waals surface area contributed by atoms with Gasteiger partial charge in [0.15, 0.2) is 0 Å². The molecule has 0 aromatic rings. The maximum absolute atomic E-state index is 12.2. The highest BCUT2D eigenvalue weighted by Crippen LogP contribution is 2.28. The van der Waals surface area contributed by atoms with Gasteiger partial charge in [-0.15, -0.1) is 0 Å². The summed E-state index contributed by atoms with van der Waals surface area (Å²) in [6.45, 7) is 4.39. The molecule has 1 aliphatic heterocycles. The quantitative estimate of drug-likeness (QED) is 0.599. The van der Waals surface area contributed by atoms with Gasteiger partial charge in [0.25, 0.3) is 0 Å². The minimum atomic E-state index is -4.07. The van der Waals surface area contributed by atoms with Crippen molar-refractivity contribution in [3.8, 4) is 0 Å². The van der Waals surface area contributed by atoms with Gasteiger partial charge >= 0.3 is 6.18 Å². The monoisotopic (exact) mass is 181 g/mol. The summed E-state index contributed by atoms with van der Waals surface area (Å²) in [6, 6.07) is -1.28. The third kappa shape index (κ3) is 2.12. The highest BCUT2D eigenvalue weighted by atomic mass is 19.4. The van der Waals surface area contributed by atoms with E-state index >= 15 is 0 Å². The topological polar surface area (TPSA) is 3.24 Å². The number of rotatable bonds is 1. The molecule has 2 atom stereocenters. The average molecular weight is 181 g/mol. The minimum absolute atomic E-state index is 0.412. The van der Waals surface area contributed by atoms with E-state index in [1.165, 1.54) is 11.8 Å². The second kappa shape index (κ2) is 3.24. The van der Waals surface area contributed by atoms with Crippen LogP contribution in [0.15, 0.2) is 0 Å². The van der Waals surface area contributed by atoms with Crippen LogP contribution in [0.2, 0.25) is 0 Å². The molecule has 1 nitrogen and oxygen atoms in total. The summed E-state index contributed by atoms with van der Waals surface area (Å²) in [6.07, 6.45) is -3.18. The molecule has 0 aromatic carbocycles. The normalized spacial score (nSPS) is 29.2. The Morgan fingerprint density at radius 2 is 2.00 bits per heavy atom. The molecule has 0 aliphatic carbocycles. The van der Waals surface area contributed by atoms with Gasteiger partial charge in [0.2, 0.25) is 0 Å². The van der Waals surface area contributed by atoms with Gasteiger partial charge in [0.05, 0.1) is 0 Å². The highest BCUT2D eigenvalue weighted by Gasteiger charge is 2.41. The molecule has 1 saturated heterocycles. The van der Waals surface area contributed by atoms with Crippen LogP contribution in [0, 0.1) is 5.92 Å². The fraction of sp³-hybridized carbons (Fsp3) is 1.00.